The van der Waals surface area contributed by atoms with Gasteiger partial charge in [-0.25, -0.2) is 4.98 Å². The normalized spacial score (nSPS) is 20.4. The van der Waals surface area contributed by atoms with Crippen molar-refractivity contribution in [2.75, 3.05) is 24.5 Å². The maximum atomic E-state index is 12.9. The predicted molar refractivity (Wildman–Crippen MR) is 92.4 cm³/mol. The van der Waals surface area contributed by atoms with Gasteiger partial charge in [0, 0.05) is 32.3 Å². The molecular weight excluding hydrogens is 318 g/mol. The van der Waals surface area contributed by atoms with Crippen LogP contribution in [-0.4, -0.2) is 45.6 Å². The lowest BCUT2D eigenvalue weighted by molar-refractivity contribution is 0.0728. The Hall–Kier alpha value is -2.44. The molecule has 2 aliphatic heterocycles. The van der Waals surface area contributed by atoms with E-state index in [4.69, 9.17) is 4.52 Å². The first-order chi connectivity index (χ1) is 12.3. The largest absolute Gasteiger partial charge is 0.357 e. The van der Waals surface area contributed by atoms with Gasteiger partial charge in [-0.15, -0.1) is 0 Å². The second-order valence-electron chi connectivity index (χ2n) is 6.66. The highest BCUT2D eigenvalue weighted by Gasteiger charge is 2.34. The Balaban J connectivity index is 1.50. The number of rotatable bonds is 4. The minimum Gasteiger partial charge on any atom is -0.357 e. The fraction of sp³-hybridized carbons (Fsp3) is 0.556. The maximum Gasteiger partial charge on any atom is 0.256 e. The Morgan fingerprint density at radius 2 is 2.08 bits per heavy atom. The van der Waals surface area contributed by atoms with Gasteiger partial charge >= 0.3 is 0 Å². The van der Waals surface area contributed by atoms with E-state index in [-0.39, 0.29) is 11.9 Å². The number of amides is 1. The quantitative estimate of drug-likeness (QED) is 0.851. The Morgan fingerprint density at radius 1 is 1.24 bits per heavy atom. The molecule has 4 rings (SSSR count). The minimum absolute atomic E-state index is 0.00850. The summed E-state index contributed by atoms with van der Waals surface area (Å²) in [5.74, 6) is 2.18. The number of pyridine rings is 1. The average Bonchev–Trinajstić information content (AvgIpc) is 3.42. The van der Waals surface area contributed by atoms with Gasteiger partial charge in [-0.1, -0.05) is 12.1 Å². The fourth-order valence-electron chi connectivity index (χ4n) is 3.64. The molecule has 7 heteroatoms. The van der Waals surface area contributed by atoms with Crippen LogP contribution in [0.2, 0.25) is 0 Å². The summed E-state index contributed by atoms with van der Waals surface area (Å²) >= 11 is 0. The maximum absolute atomic E-state index is 12.9. The summed E-state index contributed by atoms with van der Waals surface area (Å²) in [6.45, 7) is 4.79. The second kappa shape index (κ2) is 6.82. The van der Waals surface area contributed by atoms with Crippen LogP contribution in [-0.2, 0) is 6.42 Å². The molecule has 2 aromatic heterocycles. The molecule has 0 spiro atoms. The van der Waals surface area contributed by atoms with Crippen LogP contribution in [0.25, 0.3) is 0 Å². The van der Waals surface area contributed by atoms with E-state index in [2.05, 4.69) is 20.0 Å². The molecule has 1 atom stereocenters. The zero-order chi connectivity index (χ0) is 17.2. The van der Waals surface area contributed by atoms with Gasteiger partial charge in [0.15, 0.2) is 5.82 Å². The Kier molecular flexibility index (Phi) is 4.38. The molecule has 0 radical (unpaired) electrons. The Labute approximate surface area is 147 Å². The third-order valence-electron chi connectivity index (χ3n) is 5.02. The highest BCUT2D eigenvalue weighted by Crippen LogP contribution is 2.31. The number of likely N-dealkylation sites (tertiary alicyclic amines) is 1. The van der Waals surface area contributed by atoms with Crippen molar-refractivity contribution in [3.05, 3.63) is 35.6 Å². The molecule has 0 saturated carbocycles. The van der Waals surface area contributed by atoms with Gasteiger partial charge in [0.2, 0.25) is 5.89 Å². The molecule has 0 aromatic carbocycles. The average molecular weight is 341 g/mol. The highest BCUT2D eigenvalue weighted by atomic mass is 16.5. The van der Waals surface area contributed by atoms with Crippen LogP contribution in [0.3, 0.4) is 0 Å². The van der Waals surface area contributed by atoms with Gasteiger partial charge in [-0.2, -0.15) is 4.98 Å². The molecule has 1 unspecified atom stereocenters. The number of carbonyl (C=O) groups excluding carboxylic acids is 1. The predicted octanol–water partition coefficient (Wildman–Crippen LogP) is 2.60. The molecule has 0 bridgehead atoms. The zero-order valence-corrected chi connectivity index (χ0v) is 14.5. The number of nitrogens with zero attached hydrogens (tertiary/aromatic N) is 5. The lowest BCUT2D eigenvalue weighted by Crippen LogP contribution is -2.31. The lowest BCUT2D eigenvalue weighted by atomic mass is 10.2. The summed E-state index contributed by atoms with van der Waals surface area (Å²) in [6, 6.07) is 3.73. The van der Waals surface area contributed by atoms with Crippen LogP contribution < -0.4 is 4.90 Å². The fourth-order valence-corrected chi connectivity index (χ4v) is 3.64. The van der Waals surface area contributed by atoms with Crippen molar-refractivity contribution in [1.82, 2.24) is 20.0 Å². The van der Waals surface area contributed by atoms with Crippen LogP contribution in [0.15, 0.2) is 22.9 Å². The van der Waals surface area contributed by atoms with E-state index in [0.717, 1.165) is 31.7 Å². The van der Waals surface area contributed by atoms with Gasteiger partial charge in [-0.05, 0) is 37.8 Å². The molecule has 7 nitrogen and oxygen atoms in total. The summed E-state index contributed by atoms with van der Waals surface area (Å²) in [5.41, 5.74) is 0.619. The standard InChI is InChI=1S/C18H23N5O2/c1-2-16-20-17(21-25-16)14-6-5-11-23(14)18(24)13-7-8-15(19-12-13)22-9-3-4-10-22/h7-8,12,14H,2-6,9-11H2,1H3. The van der Waals surface area contributed by atoms with Crippen LogP contribution in [0.5, 0.6) is 0 Å². The molecule has 2 saturated heterocycles. The summed E-state index contributed by atoms with van der Waals surface area (Å²) < 4.78 is 5.22. The third-order valence-corrected chi connectivity index (χ3v) is 5.02. The van der Waals surface area contributed by atoms with Crippen molar-refractivity contribution in [2.45, 2.75) is 45.1 Å². The van der Waals surface area contributed by atoms with E-state index in [0.29, 0.717) is 30.2 Å². The number of hydrogen-bond donors (Lipinski definition) is 0. The topological polar surface area (TPSA) is 75.4 Å². The molecule has 2 aliphatic rings. The first-order valence-electron chi connectivity index (χ1n) is 9.10. The molecule has 2 fully saturated rings. The van der Waals surface area contributed by atoms with Gasteiger partial charge in [0.05, 0.1) is 11.6 Å². The van der Waals surface area contributed by atoms with Crippen molar-refractivity contribution in [2.24, 2.45) is 0 Å². The van der Waals surface area contributed by atoms with Crippen LogP contribution in [0.1, 0.15) is 60.7 Å². The molecule has 0 aliphatic carbocycles. The van der Waals surface area contributed by atoms with Gasteiger partial charge in [0.1, 0.15) is 5.82 Å². The van der Waals surface area contributed by atoms with Crippen molar-refractivity contribution in [3.8, 4) is 0 Å². The van der Waals surface area contributed by atoms with Crippen LogP contribution >= 0.6 is 0 Å². The van der Waals surface area contributed by atoms with E-state index in [1.165, 1.54) is 12.8 Å². The number of anilines is 1. The minimum atomic E-state index is -0.102. The number of aryl methyl sites for hydroxylation is 1. The van der Waals surface area contributed by atoms with Gasteiger partial charge in [-0.3, -0.25) is 4.79 Å². The van der Waals surface area contributed by atoms with Gasteiger partial charge < -0.3 is 14.3 Å². The number of aromatic nitrogens is 3. The van der Waals surface area contributed by atoms with E-state index in [1.807, 2.05) is 24.0 Å². The summed E-state index contributed by atoms with van der Waals surface area (Å²) in [4.78, 5) is 25.9. The Morgan fingerprint density at radius 3 is 2.76 bits per heavy atom. The molecule has 1 amide bonds. The zero-order valence-electron chi connectivity index (χ0n) is 14.5. The summed E-state index contributed by atoms with van der Waals surface area (Å²) in [6.07, 6.45) is 6.64. The first-order valence-corrected chi connectivity index (χ1v) is 9.10. The van der Waals surface area contributed by atoms with Gasteiger partial charge in [0.25, 0.3) is 5.91 Å². The van der Waals surface area contributed by atoms with Crippen molar-refractivity contribution in [1.29, 1.82) is 0 Å². The number of hydrogen-bond acceptors (Lipinski definition) is 6. The molecule has 132 valence electrons. The van der Waals surface area contributed by atoms with Crippen molar-refractivity contribution in [3.63, 3.8) is 0 Å². The summed E-state index contributed by atoms with van der Waals surface area (Å²) in [5, 5.41) is 4.06. The SMILES string of the molecule is CCc1nc(C2CCCN2C(=O)c2ccc(N3CCCC3)nc2)no1. The number of carbonyl (C=O) groups is 1. The molecule has 2 aromatic rings. The third kappa shape index (κ3) is 3.10. The second-order valence-corrected chi connectivity index (χ2v) is 6.66. The van der Waals surface area contributed by atoms with Crippen molar-refractivity contribution < 1.29 is 9.32 Å². The molecular formula is C18H23N5O2. The van der Waals surface area contributed by atoms with Crippen molar-refractivity contribution >= 4 is 11.7 Å². The molecule has 25 heavy (non-hydrogen) atoms. The van der Waals surface area contributed by atoms with E-state index < -0.39 is 0 Å². The lowest BCUT2D eigenvalue weighted by Gasteiger charge is -2.22. The molecule has 0 N–H and O–H groups in total. The van der Waals surface area contributed by atoms with E-state index in [9.17, 15) is 4.79 Å². The monoisotopic (exact) mass is 341 g/mol. The van der Waals surface area contributed by atoms with E-state index in [1.54, 1.807) is 6.20 Å². The van der Waals surface area contributed by atoms with E-state index >= 15 is 0 Å². The molecule has 4 heterocycles. The summed E-state index contributed by atoms with van der Waals surface area (Å²) in [7, 11) is 0. The first kappa shape index (κ1) is 16.1. The smallest absolute Gasteiger partial charge is 0.256 e. The van der Waals surface area contributed by atoms with Crippen LogP contribution in [0.4, 0.5) is 5.82 Å². The Bertz CT molecular complexity index is 736. The highest BCUT2D eigenvalue weighted by molar-refractivity contribution is 5.94. The van der Waals surface area contributed by atoms with Crippen LogP contribution in [0, 0.1) is 0 Å².